The lowest BCUT2D eigenvalue weighted by Crippen LogP contribution is -2.06. The van der Waals surface area contributed by atoms with E-state index in [0.717, 1.165) is 16.8 Å². The molecule has 2 aliphatic rings. The third kappa shape index (κ3) is 0.789. The third-order valence-electron chi connectivity index (χ3n) is 2.87. The Morgan fingerprint density at radius 3 is 2.92 bits per heavy atom. The fourth-order valence-electron chi connectivity index (χ4n) is 1.90. The van der Waals surface area contributed by atoms with Gasteiger partial charge in [-0.05, 0) is 31.0 Å². The minimum atomic E-state index is 0.416. The number of hydrogen-bond acceptors (Lipinski definition) is 1. The Bertz CT molecular complexity index is 342. The highest BCUT2D eigenvalue weighted by Gasteiger charge is 2.50. The van der Waals surface area contributed by atoms with Crippen LogP contribution in [-0.2, 0) is 5.41 Å². The van der Waals surface area contributed by atoms with Crippen LogP contribution in [0.3, 0.4) is 0 Å². The minimum absolute atomic E-state index is 0.416. The molecule has 0 bridgehead atoms. The predicted molar refractivity (Wildman–Crippen MR) is 50.5 cm³/mol. The van der Waals surface area contributed by atoms with Gasteiger partial charge in [-0.25, -0.2) is 0 Å². The summed E-state index contributed by atoms with van der Waals surface area (Å²) in [4.78, 5) is 0. The van der Waals surface area contributed by atoms with Crippen molar-refractivity contribution in [2.24, 2.45) is 0 Å². The smallest absolute Gasteiger partial charge is 0.123 e. The summed E-state index contributed by atoms with van der Waals surface area (Å²) in [5.41, 5.74) is 1.83. The Labute approximate surface area is 79.9 Å². The first kappa shape index (κ1) is 6.96. The van der Waals surface area contributed by atoms with Gasteiger partial charge in [0, 0.05) is 15.5 Å². The first-order valence-electron chi connectivity index (χ1n) is 4.23. The minimum Gasteiger partial charge on any atom is -0.492 e. The highest BCUT2D eigenvalue weighted by molar-refractivity contribution is 9.10. The van der Waals surface area contributed by atoms with Crippen molar-refractivity contribution < 1.29 is 4.74 Å². The summed E-state index contributed by atoms with van der Waals surface area (Å²) < 4.78 is 6.78. The lowest BCUT2D eigenvalue weighted by atomic mass is 9.99. The van der Waals surface area contributed by atoms with Crippen LogP contribution >= 0.6 is 15.9 Å². The molecule has 0 saturated heterocycles. The Morgan fingerprint density at radius 2 is 2.17 bits per heavy atom. The van der Waals surface area contributed by atoms with Crippen LogP contribution in [0.25, 0.3) is 0 Å². The van der Waals surface area contributed by atoms with Crippen LogP contribution in [0.2, 0.25) is 0 Å². The molecular weight excluding hydrogens is 216 g/mol. The lowest BCUT2D eigenvalue weighted by Gasteiger charge is -2.02. The van der Waals surface area contributed by atoms with E-state index in [1.165, 1.54) is 18.4 Å². The van der Waals surface area contributed by atoms with Gasteiger partial charge < -0.3 is 4.74 Å². The molecule has 1 aliphatic heterocycles. The van der Waals surface area contributed by atoms with E-state index in [1.54, 1.807) is 0 Å². The van der Waals surface area contributed by atoms with Crippen LogP contribution in [0.5, 0.6) is 5.75 Å². The summed E-state index contributed by atoms with van der Waals surface area (Å²) in [5.74, 6) is 1.09. The SMILES string of the molecule is Brc1ccc2c(c1)C1(CC1)CO2. The molecule has 0 amide bonds. The van der Waals surface area contributed by atoms with Crippen molar-refractivity contribution in [2.45, 2.75) is 18.3 Å². The van der Waals surface area contributed by atoms with E-state index in [9.17, 15) is 0 Å². The van der Waals surface area contributed by atoms with Gasteiger partial charge in [0.15, 0.2) is 0 Å². The molecule has 1 heterocycles. The fraction of sp³-hybridized carbons (Fsp3) is 0.400. The summed E-state index contributed by atoms with van der Waals surface area (Å²) in [5, 5.41) is 0. The van der Waals surface area contributed by atoms with E-state index in [1.807, 2.05) is 6.07 Å². The van der Waals surface area contributed by atoms with Gasteiger partial charge in [-0.2, -0.15) is 0 Å². The predicted octanol–water partition coefficient (Wildman–Crippen LogP) is 2.87. The molecule has 1 aliphatic carbocycles. The molecule has 12 heavy (non-hydrogen) atoms. The van der Waals surface area contributed by atoms with E-state index in [2.05, 4.69) is 28.1 Å². The highest BCUT2D eigenvalue weighted by atomic mass is 79.9. The van der Waals surface area contributed by atoms with Crippen molar-refractivity contribution >= 4 is 15.9 Å². The largest absolute Gasteiger partial charge is 0.492 e. The Kier molecular flexibility index (Phi) is 1.19. The quantitative estimate of drug-likeness (QED) is 0.659. The molecule has 1 nitrogen and oxygen atoms in total. The fourth-order valence-corrected chi connectivity index (χ4v) is 2.26. The van der Waals surface area contributed by atoms with Gasteiger partial charge in [0.1, 0.15) is 5.75 Å². The van der Waals surface area contributed by atoms with Gasteiger partial charge in [0.2, 0.25) is 0 Å². The molecule has 1 fully saturated rings. The molecule has 62 valence electrons. The second-order valence-electron chi connectivity index (χ2n) is 3.71. The summed E-state index contributed by atoms with van der Waals surface area (Å²) in [6.07, 6.45) is 2.60. The average molecular weight is 225 g/mol. The second kappa shape index (κ2) is 2.05. The summed E-state index contributed by atoms with van der Waals surface area (Å²) in [6.45, 7) is 0.902. The summed E-state index contributed by atoms with van der Waals surface area (Å²) >= 11 is 3.49. The number of fused-ring (bicyclic) bond motifs is 2. The maximum Gasteiger partial charge on any atom is 0.123 e. The van der Waals surface area contributed by atoms with Crippen LogP contribution in [0.1, 0.15) is 18.4 Å². The number of halogens is 1. The first-order valence-corrected chi connectivity index (χ1v) is 5.02. The molecule has 0 aromatic heterocycles. The molecule has 0 radical (unpaired) electrons. The van der Waals surface area contributed by atoms with E-state index < -0.39 is 0 Å². The third-order valence-corrected chi connectivity index (χ3v) is 3.36. The molecule has 1 aromatic carbocycles. The van der Waals surface area contributed by atoms with Gasteiger partial charge in [-0.1, -0.05) is 15.9 Å². The van der Waals surface area contributed by atoms with Crippen LogP contribution in [-0.4, -0.2) is 6.61 Å². The summed E-state index contributed by atoms with van der Waals surface area (Å²) in [7, 11) is 0. The number of benzene rings is 1. The van der Waals surface area contributed by atoms with E-state index in [-0.39, 0.29) is 0 Å². The lowest BCUT2D eigenvalue weighted by molar-refractivity contribution is 0.323. The van der Waals surface area contributed by atoms with Gasteiger partial charge in [-0.15, -0.1) is 0 Å². The van der Waals surface area contributed by atoms with Crippen molar-refractivity contribution in [2.75, 3.05) is 6.61 Å². The van der Waals surface area contributed by atoms with Crippen LogP contribution in [0.15, 0.2) is 22.7 Å². The van der Waals surface area contributed by atoms with Gasteiger partial charge in [-0.3, -0.25) is 0 Å². The standard InChI is InChI=1S/C10H9BrO/c11-7-1-2-9-8(5-7)10(3-4-10)6-12-9/h1-2,5H,3-4,6H2. The molecule has 1 saturated carbocycles. The zero-order valence-electron chi connectivity index (χ0n) is 6.64. The zero-order valence-corrected chi connectivity index (χ0v) is 8.23. The van der Waals surface area contributed by atoms with Crippen molar-refractivity contribution in [3.8, 4) is 5.75 Å². The van der Waals surface area contributed by atoms with Crippen molar-refractivity contribution in [1.82, 2.24) is 0 Å². The Hall–Kier alpha value is -0.500. The molecule has 1 aromatic rings. The van der Waals surface area contributed by atoms with E-state index in [4.69, 9.17) is 4.74 Å². The normalized spacial score (nSPS) is 22.1. The number of ether oxygens (including phenoxy) is 1. The van der Waals surface area contributed by atoms with E-state index >= 15 is 0 Å². The highest BCUT2D eigenvalue weighted by Crippen LogP contribution is 2.55. The molecule has 0 atom stereocenters. The molecule has 3 rings (SSSR count). The van der Waals surface area contributed by atoms with Crippen LogP contribution in [0.4, 0.5) is 0 Å². The average Bonchev–Trinajstić information content (AvgIpc) is 2.74. The Morgan fingerprint density at radius 1 is 1.33 bits per heavy atom. The van der Waals surface area contributed by atoms with Crippen LogP contribution < -0.4 is 4.74 Å². The van der Waals surface area contributed by atoms with Gasteiger partial charge in [0.25, 0.3) is 0 Å². The second-order valence-corrected chi connectivity index (χ2v) is 4.63. The van der Waals surface area contributed by atoms with Crippen molar-refractivity contribution in [3.63, 3.8) is 0 Å². The topological polar surface area (TPSA) is 9.23 Å². The van der Waals surface area contributed by atoms with Gasteiger partial charge >= 0.3 is 0 Å². The number of hydrogen-bond donors (Lipinski definition) is 0. The molecular formula is C10H9BrO. The molecule has 0 N–H and O–H groups in total. The molecule has 1 spiro atoms. The first-order chi connectivity index (χ1) is 5.80. The van der Waals surface area contributed by atoms with Crippen LogP contribution in [0, 0.1) is 0 Å². The molecule has 2 heteroatoms. The zero-order chi connectivity index (χ0) is 8.18. The van der Waals surface area contributed by atoms with E-state index in [0.29, 0.717) is 5.41 Å². The Balaban J connectivity index is 2.20. The molecule has 0 unspecified atom stereocenters. The monoisotopic (exact) mass is 224 g/mol. The summed E-state index contributed by atoms with van der Waals surface area (Å²) in [6, 6.07) is 6.31. The maximum atomic E-state index is 5.61. The number of rotatable bonds is 0. The van der Waals surface area contributed by atoms with Crippen molar-refractivity contribution in [3.05, 3.63) is 28.2 Å². The van der Waals surface area contributed by atoms with Crippen molar-refractivity contribution in [1.29, 1.82) is 0 Å². The van der Waals surface area contributed by atoms with Gasteiger partial charge in [0.05, 0.1) is 6.61 Å². The maximum absolute atomic E-state index is 5.61.